The van der Waals surface area contributed by atoms with Crippen LogP contribution in [-0.2, 0) is 16.4 Å². The van der Waals surface area contributed by atoms with Crippen LogP contribution in [0.5, 0.6) is 0 Å². The van der Waals surface area contributed by atoms with Gasteiger partial charge in [-0.2, -0.15) is 0 Å². The molecule has 2 aromatic heterocycles. The first-order chi connectivity index (χ1) is 9.62. The molecular weight excluding hydrogens is 280 g/mol. The molecule has 0 unspecified atom stereocenters. The van der Waals surface area contributed by atoms with Crippen LogP contribution < -0.4 is 16.0 Å². The van der Waals surface area contributed by atoms with E-state index < -0.39 is 10.0 Å². The Balaban J connectivity index is 1.96. The lowest BCUT2D eigenvalue weighted by Crippen LogP contribution is -2.26. The first kappa shape index (κ1) is 14.3. The highest BCUT2D eigenvalue weighted by atomic mass is 32.2. The van der Waals surface area contributed by atoms with Gasteiger partial charge in [0.1, 0.15) is 4.90 Å². The largest absolute Gasteiger partial charge is 0.292 e. The van der Waals surface area contributed by atoms with Crippen molar-refractivity contribution in [1.82, 2.24) is 19.7 Å². The van der Waals surface area contributed by atoms with Gasteiger partial charge in [-0.3, -0.25) is 10.4 Å². The van der Waals surface area contributed by atoms with Gasteiger partial charge in [-0.05, 0) is 12.1 Å². The molecule has 0 fully saturated rings. The van der Waals surface area contributed by atoms with E-state index in [2.05, 4.69) is 25.1 Å². The Bertz CT molecular complexity index is 644. The van der Waals surface area contributed by atoms with Crippen molar-refractivity contribution in [2.75, 3.05) is 12.0 Å². The number of nitrogens with zero attached hydrogens (tertiary/aromatic N) is 3. The molecule has 0 amide bonds. The Morgan fingerprint density at radius 2 is 1.90 bits per heavy atom. The van der Waals surface area contributed by atoms with Crippen LogP contribution in [-0.4, -0.2) is 29.9 Å². The predicted octanol–water partition coefficient (Wildman–Crippen LogP) is -0.322. The van der Waals surface area contributed by atoms with E-state index in [4.69, 9.17) is 5.84 Å². The summed E-state index contributed by atoms with van der Waals surface area (Å²) in [5, 5.41) is 0. The van der Waals surface area contributed by atoms with Crippen molar-refractivity contribution in [2.45, 2.75) is 11.3 Å². The lowest BCUT2D eigenvalue weighted by Gasteiger charge is -2.06. The van der Waals surface area contributed by atoms with Gasteiger partial charge < -0.3 is 0 Å². The number of hydrogen-bond acceptors (Lipinski definition) is 7. The number of nitrogens with two attached hydrogens (primary N) is 1. The maximum absolute atomic E-state index is 12.0. The molecule has 8 nitrogen and oxygen atoms in total. The Kier molecular flexibility index (Phi) is 4.56. The van der Waals surface area contributed by atoms with Gasteiger partial charge in [-0.1, -0.05) is 6.07 Å². The van der Waals surface area contributed by atoms with E-state index >= 15 is 0 Å². The number of hydrazine groups is 1. The highest BCUT2D eigenvalue weighted by molar-refractivity contribution is 7.89. The minimum Gasteiger partial charge on any atom is -0.292 e. The monoisotopic (exact) mass is 294 g/mol. The molecule has 0 aliphatic rings. The molecule has 4 N–H and O–H groups in total. The third-order valence-corrected chi connectivity index (χ3v) is 3.88. The van der Waals surface area contributed by atoms with Gasteiger partial charge in [0.25, 0.3) is 0 Å². The second-order valence-corrected chi connectivity index (χ2v) is 5.62. The highest BCUT2D eigenvalue weighted by Crippen LogP contribution is 2.06. The van der Waals surface area contributed by atoms with Gasteiger partial charge in [0.15, 0.2) is 0 Å². The maximum Gasteiger partial charge on any atom is 0.243 e. The van der Waals surface area contributed by atoms with Gasteiger partial charge in [0.2, 0.25) is 16.0 Å². The van der Waals surface area contributed by atoms with Crippen LogP contribution in [0.3, 0.4) is 0 Å². The first-order valence-electron chi connectivity index (χ1n) is 5.80. The van der Waals surface area contributed by atoms with Crippen LogP contribution >= 0.6 is 0 Å². The molecule has 0 radical (unpaired) electrons. The lowest BCUT2D eigenvalue weighted by atomic mass is 10.3. The van der Waals surface area contributed by atoms with E-state index in [0.29, 0.717) is 6.42 Å². The number of pyridine rings is 1. The quantitative estimate of drug-likeness (QED) is 0.492. The third kappa shape index (κ3) is 3.70. The Morgan fingerprint density at radius 3 is 2.50 bits per heavy atom. The summed E-state index contributed by atoms with van der Waals surface area (Å²) in [5.41, 5.74) is 3.04. The molecule has 2 heterocycles. The van der Waals surface area contributed by atoms with Crippen molar-refractivity contribution in [3.63, 3.8) is 0 Å². The molecule has 20 heavy (non-hydrogen) atoms. The van der Waals surface area contributed by atoms with Crippen LogP contribution in [0.15, 0.2) is 41.7 Å². The summed E-state index contributed by atoms with van der Waals surface area (Å²) in [7, 11) is -3.63. The van der Waals surface area contributed by atoms with E-state index in [9.17, 15) is 8.42 Å². The van der Waals surface area contributed by atoms with Crippen LogP contribution in [0.1, 0.15) is 5.69 Å². The minimum atomic E-state index is -3.63. The number of rotatable bonds is 6. The fraction of sp³-hybridized carbons (Fsp3) is 0.182. The second-order valence-electron chi connectivity index (χ2n) is 3.86. The van der Waals surface area contributed by atoms with E-state index in [-0.39, 0.29) is 17.4 Å². The average molecular weight is 294 g/mol. The van der Waals surface area contributed by atoms with Gasteiger partial charge in [-0.25, -0.2) is 29.0 Å². The molecule has 0 aliphatic carbocycles. The molecule has 0 spiro atoms. The maximum atomic E-state index is 12.0. The standard InChI is InChI=1S/C11H14N6O2S/c12-17-11-14-7-10(8-15-11)20(18,19)16-6-4-9-3-1-2-5-13-9/h1-3,5,7-8,16H,4,6,12H2,(H,14,15,17). The first-order valence-corrected chi connectivity index (χ1v) is 7.28. The molecule has 106 valence electrons. The Hall–Kier alpha value is -2.10. The van der Waals surface area contributed by atoms with Crippen LogP contribution in [0.4, 0.5) is 5.95 Å². The van der Waals surface area contributed by atoms with Crippen molar-refractivity contribution in [3.05, 3.63) is 42.5 Å². The van der Waals surface area contributed by atoms with Crippen LogP contribution in [0, 0.1) is 0 Å². The summed E-state index contributed by atoms with van der Waals surface area (Å²) < 4.78 is 26.4. The molecule has 9 heteroatoms. The van der Waals surface area contributed by atoms with Crippen molar-refractivity contribution < 1.29 is 8.42 Å². The number of nitrogen functional groups attached to an aromatic ring is 1. The van der Waals surface area contributed by atoms with Crippen molar-refractivity contribution >= 4 is 16.0 Å². The van der Waals surface area contributed by atoms with E-state index in [0.717, 1.165) is 5.69 Å². The van der Waals surface area contributed by atoms with Gasteiger partial charge in [0, 0.05) is 24.9 Å². The molecule has 0 saturated heterocycles. The number of hydrogen-bond donors (Lipinski definition) is 3. The predicted molar refractivity (Wildman–Crippen MR) is 73.0 cm³/mol. The topological polar surface area (TPSA) is 123 Å². The van der Waals surface area contributed by atoms with Crippen LogP contribution in [0.25, 0.3) is 0 Å². The molecule has 0 aliphatic heterocycles. The lowest BCUT2D eigenvalue weighted by molar-refractivity contribution is 0.580. The Morgan fingerprint density at radius 1 is 1.15 bits per heavy atom. The number of anilines is 1. The second kappa shape index (κ2) is 6.37. The summed E-state index contributed by atoms with van der Waals surface area (Å²) in [6.07, 6.45) is 4.54. The minimum absolute atomic E-state index is 0.0162. The molecule has 0 bridgehead atoms. The molecule has 2 aromatic rings. The van der Waals surface area contributed by atoms with Crippen molar-refractivity contribution in [1.29, 1.82) is 0 Å². The summed E-state index contributed by atoms with van der Waals surface area (Å²) in [5.74, 6) is 5.26. The van der Waals surface area contributed by atoms with Crippen molar-refractivity contribution in [2.24, 2.45) is 5.84 Å². The smallest absolute Gasteiger partial charge is 0.243 e. The van der Waals surface area contributed by atoms with E-state index in [1.807, 2.05) is 12.1 Å². The summed E-state index contributed by atoms with van der Waals surface area (Å²) in [6.45, 7) is 0.246. The zero-order chi connectivity index (χ0) is 14.4. The van der Waals surface area contributed by atoms with Crippen LogP contribution in [0.2, 0.25) is 0 Å². The van der Waals surface area contributed by atoms with E-state index in [1.165, 1.54) is 12.4 Å². The average Bonchev–Trinajstić information content (AvgIpc) is 2.48. The normalized spacial score (nSPS) is 11.2. The van der Waals surface area contributed by atoms with Crippen molar-refractivity contribution in [3.8, 4) is 0 Å². The summed E-state index contributed by atoms with van der Waals surface area (Å²) in [4.78, 5) is 11.6. The third-order valence-electron chi connectivity index (χ3n) is 2.47. The fourth-order valence-corrected chi connectivity index (χ4v) is 2.39. The van der Waals surface area contributed by atoms with Gasteiger partial charge in [-0.15, -0.1) is 0 Å². The number of sulfonamides is 1. The van der Waals surface area contributed by atoms with Gasteiger partial charge in [0.05, 0.1) is 12.4 Å². The molecule has 2 rings (SSSR count). The summed E-state index contributed by atoms with van der Waals surface area (Å²) in [6, 6.07) is 5.49. The van der Waals surface area contributed by atoms with E-state index in [1.54, 1.807) is 12.3 Å². The molecule has 0 saturated carbocycles. The number of aromatic nitrogens is 3. The molecule has 0 atom stereocenters. The zero-order valence-corrected chi connectivity index (χ0v) is 11.3. The molecular formula is C11H14N6O2S. The summed E-state index contributed by atoms with van der Waals surface area (Å²) >= 11 is 0. The Labute approximate surface area is 116 Å². The number of nitrogens with one attached hydrogen (secondary N) is 2. The highest BCUT2D eigenvalue weighted by Gasteiger charge is 2.14. The zero-order valence-electron chi connectivity index (χ0n) is 10.5. The SMILES string of the molecule is NNc1ncc(S(=O)(=O)NCCc2ccccn2)cn1. The molecule has 0 aromatic carbocycles. The fourth-order valence-electron chi connectivity index (χ4n) is 1.47. The van der Waals surface area contributed by atoms with Gasteiger partial charge >= 0.3 is 0 Å².